The van der Waals surface area contributed by atoms with Gasteiger partial charge >= 0.3 is 0 Å². The van der Waals surface area contributed by atoms with Crippen LogP contribution >= 0.6 is 0 Å². The molecule has 0 spiro atoms. The van der Waals surface area contributed by atoms with E-state index in [9.17, 15) is 9.59 Å². The molecule has 0 aliphatic rings. The van der Waals surface area contributed by atoms with Crippen LogP contribution in [0.1, 0.15) is 34.4 Å². The van der Waals surface area contributed by atoms with Gasteiger partial charge in [-0.2, -0.15) is 5.10 Å². The monoisotopic (exact) mass is 447 g/mol. The van der Waals surface area contributed by atoms with Crippen LogP contribution in [0.2, 0.25) is 0 Å². The molecule has 4 aromatic rings. The summed E-state index contributed by atoms with van der Waals surface area (Å²) in [6, 6.07) is 14.4. The van der Waals surface area contributed by atoms with Gasteiger partial charge in [-0.25, -0.2) is 0 Å². The summed E-state index contributed by atoms with van der Waals surface area (Å²) in [7, 11) is 3.23. The summed E-state index contributed by atoms with van der Waals surface area (Å²) in [5.74, 6) is 0.0260. The fourth-order valence-electron chi connectivity index (χ4n) is 3.54. The normalized spacial score (nSPS) is 13.0. The smallest absolute Gasteiger partial charge is 0.264 e. The van der Waals surface area contributed by atoms with Gasteiger partial charge in [0.1, 0.15) is 5.69 Å². The van der Waals surface area contributed by atoms with E-state index in [0.717, 1.165) is 11.3 Å². The Morgan fingerprint density at radius 3 is 2.67 bits per heavy atom. The molecule has 0 fully saturated rings. The second-order valence-electron chi connectivity index (χ2n) is 8.26. The number of nitrogens with zero attached hydrogens (tertiary/aromatic N) is 5. The maximum atomic E-state index is 12.9. The molecule has 0 bridgehead atoms. The van der Waals surface area contributed by atoms with Crippen molar-refractivity contribution in [1.82, 2.24) is 29.9 Å². The fraction of sp³-hybridized carbons (Fsp3) is 0.261. The highest BCUT2D eigenvalue weighted by Crippen LogP contribution is 2.25. The van der Waals surface area contributed by atoms with E-state index >= 15 is 0 Å². The van der Waals surface area contributed by atoms with Crippen LogP contribution in [0.3, 0.4) is 0 Å². The van der Waals surface area contributed by atoms with Crippen LogP contribution in [0.4, 0.5) is 0 Å². The Hall–Kier alpha value is -4.05. The number of pyridine rings is 1. The predicted octanol–water partition coefficient (Wildman–Crippen LogP) is 1.85. The fourth-order valence-corrected chi connectivity index (χ4v) is 3.54. The average molecular weight is 447 g/mol. The van der Waals surface area contributed by atoms with Crippen molar-refractivity contribution >= 4 is 5.91 Å². The SMILES string of the molecule is CN(Cc1ccn[nH]1)C(=O)c1cc(-c2nnc(C(C)(N)Cc3ccccc3)o2)n(C)c(=O)c1. The minimum Gasteiger partial charge on any atom is -0.417 e. The maximum Gasteiger partial charge on any atom is 0.264 e. The Labute approximate surface area is 190 Å². The molecule has 1 aromatic carbocycles. The lowest BCUT2D eigenvalue weighted by Gasteiger charge is -2.20. The molecular weight excluding hydrogens is 422 g/mol. The van der Waals surface area contributed by atoms with Crippen molar-refractivity contribution < 1.29 is 9.21 Å². The summed E-state index contributed by atoms with van der Waals surface area (Å²) in [6.45, 7) is 2.12. The lowest BCUT2D eigenvalue weighted by molar-refractivity contribution is 0.0783. The molecule has 0 radical (unpaired) electrons. The number of hydrogen-bond acceptors (Lipinski definition) is 7. The molecule has 1 unspecified atom stereocenters. The number of aromatic amines is 1. The number of H-pyrrole nitrogens is 1. The molecule has 0 saturated carbocycles. The van der Waals surface area contributed by atoms with Gasteiger partial charge in [0.05, 0.1) is 17.8 Å². The summed E-state index contributed by atoms with van der Waals surface area (Å²) < 4.78 is 7.23. The summed E-state index contributed by atoms with van der Waals surface area (Å²) in [5.41, 5.74) is 7.55. The first-order chi connectivity index (χ1) is 15.7. The van der Waals surface area contributed by atoms with Crippen LogP contribution in [-0.4, -0.2) is 42.8 Å². The van der Waals surface area contributed by atoms with Gasteiger partial charge in [-0.05, 0) is 31.0 Å². The number of carbonyl (C=O) groups is 1. The lowest BCUT2D eigenvalue weighted by atomic mass is 9.94. The Morgan fingerprint density at radius 1 is 1.21 bits per heavy atom. The second-order valence-corrected chi connectivity index (χ2v) is 8.26. The van der Waals surface area contributed by atoms with Crippen molar-refractivity contribution in [3.63, 3.8) is 0 Å². The van der Waals surface area contributed by atoms with Gasteiger partial charge in [0.15, 0.2) is 0 Å². The largest absolute Gasteiger partial charge is 0.417 e. The zero-order chi connectivity index (χ0) is 23.6. The van der Waals surface area contributed by atoms with E-state index in [0.29, 0.717) is 18.7 Å². The van der Waals surface area contributed by atoms with Crippen LogP contribution in [0.15, 0.2) is 63.9 Å². The first-order valence-electron chi connectivity index (χ1n) is 10.4. The van der Waals surface area contributed by atoms with Crippen LogP contribution in [-0.2, 0) is 25.6 Å². The number of nitrogens with one attached hydrogen (secondary N) is 1. The van der Waals surface area contributed by atoms with E-state index in [1.165, 1.54) is 15.5 Å². The molecule has 170 valence electrons. The summed E-state index contributed by atoms with van der Waals surface area (Å²) >= 11 is 0. The van der Waals surface area contributed by atoms with Crippen molar-refractivity contribution in [2.24, 2.45) is 12.8 Å². The Morgan fingerprint density at radius 2 is 1.97 bits per heavy atom. The molecule has 3 heterocycles. The number of rotatable bonds is 7. The predicted molar refractivity (Wildman–Crippen MR) is 121 cm³/mol. The van der Waals surface area contributed by atoms with Gasteiger partial charge in [-0.15, -0.1) is 10.2 Å². The van der Waals surface area contributed by atoms with Crippen LogP contribution in [0, 0.1) is 0 Å². The highest BCUT2D eigenvalue weighted by Gasteiger charge is 2.29. The van der Waals surface area contributed by atoms with E-state index in [1.54, 1.807) is 39.3 Å². The molecule has 0 aliphatic heterocycles. The van der Waals surface area contributed by atoms with E-state index in [4.69, 9.17) is 10.2 Å². The lowest BCUT2D eigenvalue weighted by Crippen LogP contribution is -2.35. The van der Waals surface area contributed by atoms with Crippen molar-refractivity contribution in [2.45, 2.75) is 25.4 Å². The number of amides is 1. The number of hydrogen-bond donors (Lipinski definition) is 2. The highest BCUT2D eigenvalue weighted by atomic mass is 16.4. The molecule has 0 aliphatic carbocycles. The minimum absolute atomic E-state index is 0.111. The molecule has 1 atom stereocenters. The highest BCUT2D eigenvalue weighted by molar-refractivity contribution is 5.94. The molecule has 3 N–H and O–H groups in total. The van der Waals surface area contributed by atoms with Crippen LogP contribution < -0.4 is 11.3 Å². The van der Waals surface area contributed by atoms with Gasteiger partial charge in [0, 0.05) is 31.9 Å². The third-order valence-electron chi connectivity index (χ3n) is 5.37. The number of aromatic nitrogens is 5. The van der Waals surface area contributed by atoms with E-state index in [1.807, 2.05) is 30.3 Å². The molecule has 10 nitrogen and oxygen atoms in total. The maximum absolute atomic E-state index is 12.9. The van der Waals surface area contributed by atoms with E-state index in [2.05, 4.69) is 20.4 Å². The van der Waals surface area contributed by atoms with Crippen molar-refractivity contribution in [3.8, 4) is 11.6 Å². The average Bonchev–Trinajstić information content (AvgIpc) is 3.48. The molecule has 10 heteroatoms. The number of nitrogens with two attached hydrogens (primary N) is 1. The van der Waals surface area contributed by atoms with Crippen molar-refractivity contribution in [2.75, 3.05) is 7.05 Å². The second kappa shape index (κ2) is 8.83. The van der Waals surface area contributed by atoms with Crippen molar-refractivity contribution in [3.05, 3.63) is 87.8 Å². The Balaban J connectivity index is 1.62. The third-order valence-corrected chi connectivity index (χ3v) is 5.37. The Kier molecular flexibility index (Phi) is 5.93. The summed E-state index contributed by atoms with van der Waals surface area (Å²) in [4.78, 5) is 27.0. The zero-order valence-electron chi connectivity index (χ0n) is 18.6. The molecule has 0 saturated heterocycles. The van der Waals surface area contributed by atoms with Gasteiger partial charge < -0.3 is 19.6 Å². The van der Waals surface area contributed by atoms with Gasteiger partial charge in [0.2, 0.25) is 5.89 Å². The molecule has 1 amide bonds. The topological polar surface area (TPSA) is 136 Å². The summed E-state index contributed by atoms with van der Waals surface area (Å²) in [5, 5.41) is 14.9. The van der Waals surface area contributed by atoms with Gasteiger partial charge in [-0.3, -0.25) is 14.7 Å². The molecular formula is C23H25N7O3. The molecule has 4 rings (SSSR count). The molecule has 3 aromatic heterocycles. The first-order valence-corrected chi connectivity index (χ1v) is 10.4. The van der Waals surface area contributed by atoms with Crippen LogP contribution in [0.25, 0.3) is 11.6 Å². The summed E-state index contributed by atoms with van der Waals surface area (Å²) in [6.07, 6.45) is 2.10. The molecule has 33 heavy (non-hydrogen) atoms. The third kappa shape index (κ3) is 4.75. The number of carbonyl (C=O) groups excluding carboxylic acids is 1. The minimum atomic E-state index is -0.913. The van der Waals surface area contributed by atoms with E-state index < -0.39 is 5.54 Å². The standard InChI is InChI=1S/C23H25N7O3/c1-23(24,13-15-7-5-4-6-8-15)22-28-27-20(33-22)18-11-16(12-19(31)30(18)3)21(32)29(2)14-17-9-10-25-26-17/h4-12H,13-14,24H2,1-3H3,(H,25,26). The van der Waals surface area contributed by atoms with Crippen molar-refractivity contribution in [1.29, 1.82) is 0 Å². The Bertz CT molecular complexity index is 1310. The quantitative estimate of drug-likeness (QED) is 0.441. The van der Waals surface area contributed by atoms with Gasteiger partial charge in [0.25, 0.3) is 17.4 Å². The van der Waals surface area contributed by atoms with Crippen LogP contribution in [0.5, 0.6) is 0 Å². The number of benzene rings is 1. The zero-order valence-corrected chi connectivity index (χ0v) is 18.6. The first kappa shape index (κ1) is 22.2. The van der Waals surface area contributed by atoms with E-state index in [-0.39, 0.29) is 28.8 Å². The van der Waals surface area contributed by atoms with Gasteiger partial charge in [-0.1, -0.05) is 30.3 Å².